The number of benzene rings is 1. The zero-order valence-electron chi connectivity index (χ0n) is 11.0. The SMILES string of the molecule is Cc1ccccc1C(NN)C1C2C3CCC(C3)C21. The van der Waals surface area contributed by atoms with E-state index in [4.69, 9.17) is 5.84 Å². The van der Waals surface area contributed by atoms with Crippen LogP contribution in [0.25, 0.3) is 0 Å². The Kier molecular flexibility index (Phi) is 2.33. The molecule has 0 amide bonds. The summed E-state index contributed by atoms with van der Waals surface area (Å²) in [5.41, 5.74) is 5.91. The number of fused-ring (bicyclic) bond motifs is 5. The summed E-state index contributed by atoms with van der Waals surface area (Å²) in [6.45, 7) is 2.20. The van der Waals surface area contributed by atoms with Crippen LogP contribution in [0.1, 0.15) is 36.4 Å². The third-order valence-electron chi connectivity index (χ3n) is 5.88. The van der Waals surface area contributed by atoms with Gasteiger partial charge in [0.05, 0.1) is 0 Å². The van der Waals surface area contributed by atoms with Crippen LogP contribution in [0.15, 0.2) is 24.3 Å². The average Bonchev–Trinajstić information content (AvgIpc) is 2.81. The molecule has 2 bridgehead atoms. The molecule has 3 aliphatic carbocycles. The van der Waals surface area contributed by atoms with Crippen LogP contribution < -0.4 is 11.3 Å². The van der Waals surface area contributed by atoms with E-state index < -0.39 is 0 Å². The monoisotopic (exact) mass is 242 g/mol. The summed E-state index contributed by atoms with van der Waals surface area (Å²) in [6.07, 6.45) is 4.47. The van der Waals surface area contributed by atoms with Crippen LogP contribution in [-0.2, 0) is 0 Å². The van der Waals surface area contributed by atoms with Crippen LogP contribution >= 0.6 is 0 Å². The van der Waals surface area contributed by atoms with Gasteiger partial charge in [-0.05, 0) is 66.9 Å². The largest absolute Gasteiger partial charge is 0.271 e. The Labute approximate surface area is 109 Å². The standard InChI is InChI=1S/C16H22N2/c1-9-4-2-3-5-12(9)16(18-17)15-13-10-6-7-11(8-10)14(13)15/h2-5,10-11,13-16,18H,6-8,17H2,1H3. The maximum atomic E-state index is 5.88. The van der Waals surface area contributed by atoms with Crippen molar-refractivity contribution >= 4 is 0 Å². The number of hydrogen-bond acceptors (Lipinski definition) is 2. The van der Waals surface area contributed by atoms with Crippen LogP contribution in [0.5, 0.6) is 0 Å². The van der Waals surface area contributed by atoms with E-state index in [1.807, 2.05) is 0 Å². The topological polar surface area (TPSA) is 38.0 Å². The lowest BCUT2D eigenvalue weighted by molar-refractivity contribution is 0.373. The van der Waals surface area contributed by atoms with Gasteiger partial charge in [-0.3, -0.25) is 11.3 Å². The van der Waals surface area contributed by atoms with E-state index in [0.717, 1.165) is 29.6 Å². The molecular weight excluding hydrogens is 220 g/mol. The summed E-state index contributed by atoms with van der Waals surface area (Å²) in [6, 6.07) is 9.08. The van der Waals surface area contributed by atoms with Gasteiger partial charge in [0.1, 0.15) is 0 Å². The summed E-state index contributed by atoms with van der Waals surface area (Å²) < 4.78 is 0. The number of hydrogen-bond donors (Lipinski definition) is 2. The highest BCUT2D eigenvalue weighted by Gasteiger charge is 2.66. The molecule has 3 aliphatic rings. The molecule has 1 aromatic rings. The van der Waals surface area contributed by atoms with Gasteiger partial charge in [0.25, 0.3) is 0 Å². The zero-order valence-corrected chi connectivity index (χ0v) is 11.0. The highest BCUT2D eigenvalue weighted by atomic mass is 15.2. The highest BCUT2D eigenvalue weighted by Crippen LogP contribution is 2.72. The molecule has 3 saturated carbocycles. The molecule has 1 aromatic carbocycles. The van der Waals surface area contributed by atoms with E-state index in [9.17, 15) is 0 Å². The van der Waals surface area contributed by atoms with Gasteiger partial charge in [0, 0.05) is 6.04 Å². The molecule has 3 fully saturated rings. The Morgan fingerprint density at radius 2 is 1.83 bits per heavy atom. The number of rotatable bonds is 3. The molecule has 3 N–H and O–H groups in total. The molecule has 96 valence electrons. The molecule has 2 heteroatoms. The first kappa shape index (κ1) is 11.0. The van der Waals surface area contributed by atoms with E-state index in [-0.39, 0.29) is 0 Å². The summed E-state index contributed by atoms with van der Waals surface area (Å²) in [7, 11) is 0. The van der Waals surface area contributed by atoms with E-state index in [1.54, 1.807) is 0 Å². The number of hydrazine groups is 1. The molecule has 0 aromatic heterocycles. The van der Waals surface area contributed by atoms with Crippen molar-refractivity contribution in [2.24, 2.45) is 35.4 Å². The van der Waals surface area contributed by atoms with Crippen molar-refractivity contribution in [2.45, 2.75) is 32.2 Å². The number of aryl methyl sites for hydroxylation is 1. The summed E-state index contributed by atoms with van der Waals surface area (Å²) in [4.78, 5) is 0. The lowest BCUT2D eigenvalue weighted by Gasteiger charge is -2.21. The van der Waals surface area contributed by atoms with Gasteiger partial charge in [-0.2, -0.15) is 0 Å². The molecule has 18 heavy (non-hydrogen) atoms. The molecule has 2 nitrogen and oxygen atoms in total. The molecule has 5 unspecified atom stereocenters. The van der Waals surface area contributed by atoms with Gasteiger partial charge in [-0.15, -0.1) is 0 Å². The molecule has 0 saturated heterocycles. The minimum atomic E-state index is 0.379. The first-order chi connectivity index (χ1) is 8.81. The predicted molar refractivity (Wildman–Crippen MR) is 72.5 cm³/mol. The van der Waals surface area contributed by atoms with Gasteiger partial charge in [-0.1, -0.05) is 24.3 Å². The lowest BCUT2D eigenvalue weighted by Crippen LogP contribution is -2.31. The van der Waals surface area contributed by atoms with Crippen LogP contribution in [0, 0.1) is 36.5 Å². The van der Waals surface area contributed by atoms with E-state index in [2.05, 4.69) is 36.6 Å². The Bertz CT molecular complexity index is 454. The van der Waals surface area contributed by atoms with E-state index in [1.165, 1.54) is 30.4 Å². The second kappa shape index (κ2) is 3.82. The molecular formula is C16H22N2. The van der Waals surface area contributed by atoms with E-state index in [0.29, 0.717) is 6.04 Å². The van der Waals surface area contributed by atoms with Crippen molar-refractivity contribution in [3.05, 3.63) is 35.4 Å². The fourth-order valence-corrected chi connectivity index (χ4v) is 5.18. The van der Waals surface area contributed by atoms with Crippen molar-refractivity contribution in [2.75, 3.05) is 0 Å². The molecule has 0 aliphatic heterocycles. The van der Waals surface area contributed by atoms with Crippen molar-refractivity contribution in [3.8, 4) is 0 Å². The zero-order chi connectivity index (χ0) is 12.3. The Balaban J connectivity index is 1.63. The molecule has 0 heterocycles. The quantitative estimate of drug-likeness (QED) is 0.632. The third-order valence-corrected chi connectivity index (χ3v) is 5.88. The van der Waals surface area contributed by atoms with E-state index >= 15 is 0 Å². The van der Waals surface area contributed by atoms with Gasteiger partial charge in [0.2, 0.25) is 0 Å². The first-order valence-electron chi connectivity index (χ1n) is 7.33. The minimum absolute atomic E-state index is 0.379. The maximum absolute atomic E-state index is 5.88. The summed E-state index contributed by atoms with van der Waals surface area (Å²) in [5, 5.41) is 0. The fraction of sp³-hybridized carbons (Fsp3) is 0.625. The Morgan fingerprint density at radius 1 is 1.17 bits per heavy atom. The summed E-state index contributed by atoms with van der Waals surface area (Å²) in [5.74, 6) is 10.7. The van der Waals surface area contributed by atoms with Gasteiger partial charge in [0.15, 0.2) is 0 Å². The minimum Gasteiger partial charge on any atom is -0.271 e. The fourth-order valence-electron chi connectivity index (χ4n) is 5.18. The van der Waals surface area contributed by atoms with Gasteiger partial charge in [-0.25, -0.2) is 0 Å². The van der Waals surface area contributed by atoms with Gasteiger partial charge < -0.3 is 0 Å². The molecule has 4 rings (SSSR count). The van der Waals surface area contributed by atoms with Crippen molar-refractivity contribution in [3.63, 3.8) is 0 Å². The molecule has 5 atom stereocenters. The van der Waals surface area contributed by atoms with Gasteiger partial charge >= 0.3 is 0 Å². The smallest absolute Gasteiger partial charge is 0.0496 e. The predicted octanol–water partition coefficient (Wildman–Crippen LogP) is 2.79. The number of nitrogens with one attached hydrogen (secondary N) is 1. The van der Waals surface area contributed by atoms with Crippen LogP contribution in [-0.4, -0.2) is 0 Å². The van der Waals surface area contributed by atoms with Crippen molar-refractivity contribution < 1.29 is 0 Å². The lowest BCUT2D eigenvalue weighted by atomic mass is 9.91. The Hall–Kier alpha value is -0.860. The highest BCUT2D eigenvalue weighted by molar-refractivity contribution is 5.32. The molecule has 0 radical (unpaired) electrons. The normalized spacial score (nSPS) is 41.8. The third kappa shape index (κ3) is 1.36. The Morgan fingerprint density at radius 3 is 2.44 bits per heavy atom. The number of nitrogens with two attached hydrogens (primary N) is 1. The van der Waals surface area contributed by atoms with Crippen LogP contribution in [0.3, 0.4) is 0 Å². The second-order valence-corrected chi connectivity index (χ2v) is 6.57. The summed E-state index contributed by atoms with van der Waals surface area (Å²) >= 11 is 0. The van der Waals surface area contributed by atoms with Crippen LogP contribution in [0.4, 0.5) is 0 Å². The molecule has 0 spiro atoms. The maximum Gasteiger partial charge on any atom is 0.0496 e. The van der Waals surface area contributed by atoms with Crippen molar-refractivity contribution in [1.29, 1.82) is 0 Å². The van der Waals surface area contributed by atoms with Crippen molar-refractivity contribution in [1.82, 2.24) is 5.43 Å². The average molecular weight is 242 g/mol. The second-order valence-electron chi connectivity index (χ2n) is 6.57. The first-order valence-corrected chi connectivity index (χ1v) is 7.33. The van der Waals surface area contributed by atoms with Crippen LogP contribution in [0.2, 0.25) is 0 Å².